The predicted octanol–water partition coefficient (Wildman–Crippen LogP) is 3.83. The van der Waals surface area contributed by atoms with Crippen molar-refractivity contribution in [3.8, 4) is 11.5 Å². The molecule has 0 aliphatic heterocycles. The monoisotopic (exact) mass is 320 g/mol. The van der Waals surface area contributed by atoms with Crippen molar-refractivity contribution in [2.24, 2.45) is 5.73 Å². The van der Waals surface area contributed by atoms with Gasteiger partial charge in [-0.2, -0.15) is 0 Å². The van der Waals surface area contributed by atoms with Crippen LogP contribution in [0.25, 0.3) is 0 Å². The van der Waals surface area contributed by atoms with Gasteiger partial charge >= 0.3 is 0 Å². The molecule has 1 unspecified atom stereocenters. The Morgan fingerprint density at radius 2 is 2.05 bits per heavy atom. The van der Waals surface area contributed by atoms with Gasteiger partial charge in [0, 0.05) is 16.7 Å². The molecular formula is C15H17BrN2O. The fraction of sp³-hybridized carbons (Fsp3) is 0.267. The van der Waals surface area contributed by atoms with Crippen LogP contribution in [0.2, 0.25) is 0 Å². The lowest BCUT2D eigenvalue weighted by Crippen LogP contribution is -2.17. The maximum Gasteiger partial charge on any atom is 0.145 e. The van der Waals surface area contributed by atoms with Crippen molar-refractivity contribution in [3.05, 3.63) is 52.3 Å². The number of pyridine rings is 1. The summed E-state index contributed by atoms with van der Waals surface area (Å²) in [6.45, 7) is 4.01. The van der Waals surface area contributed by atoms with Crippen LogP contribution in [0.4, 0.5) is 0 Å². The zero-order chi connectivity index (χ0) is 13.8. The molecule has 2 rings (SSSR count). The molecule has 0 radical (unpaired) electrons. The van der Waals surface area contributed by atoms with E-state index in [-0.39, 0.29) is 6.04 Å². The van der Waals surface area contributed by atoms with E-state index in [9.17, 15) is 0 Å². The molecule has 2 aromatic rings. The minimum absolute atomic E-state index is 0.118. The number of aryl methyl sites for hydroxylation is 1. The van der Waals surface area contributed by atoms with Crippen LogP contribution in [-0.4, -0.2) is 11.0 Å². The number of hydrogen-bond acceptors (Lipinski definition) is 3. The number of halogens is 1. The molecule has 1 aromatic carbocycles. The van der Waals surface area contributed by atoms with Crippen molar-refractivity contribution in [3.63, 3.8) is 0 Å². The summed E-state index contributed by atoms with van der Waals surface area (Å²) in [6, 6.07) is 7.99. The highest BCUT2D eigenvalue weighted by molar-refractivity contribution is 9.10. The standard InChI is InChI=1S/C15H17BrN2O/c1-10-5-13(3-4-15(10)16)19-14-7-12(6-11(2)17)8-18-9-14/h3-5,7-9,11H,6,17H2,1-2H3. The Labute approximate surface area is 121 Å². The van der Waals surface area contributed by atoms with E-state index in [1.807, 2.05) is 44.3 Å². The SMILES string of the molecule is Cc1cc(Oc2cncc(CC(C)N)c2)ccc1Br. The third-order valence-corrected chi connectivity index (χ3v) is 3.58. The van der Waals surface area contributed by atoms with E-state index in [4.69, 9.17) is 10.5 Å². The van der Waals surface area contributed by atoms with E-state index < -0.39 is 0 Å². The highest BCUT2D eigenvalue weighted by Crippen LogP contribution is 2.26. The van der Waals surface area contributed by atoms with E-state index in [1.54, 1.807) is 6.20 Å². The van der Waals surface area contributed by atoms with E-state index in [2.05, 4.69) is 20.9 Å². The topological polar surface area (TPSA) is 48.1 Å². The Kier molecular flexibility index (Phi) is 4.56. The lowest BCUT2D eigenvalue weighted by Gasteiger charge is -2.09. The van der Waals surface area contributed by atoms with Crippen molar-refractivity contribution >= 4 is 15.9 Å². The molecule has 0 fully saturated rings. The Morgan fingerprint density at radius 1 is 1.26 bits per heavy atom. The third-order valence-electron chi connectivity index (χ3n) is 2.69. The largest absolute Gasteiger partial charge is 0.456 e. The number of rotatable bonds is 4. The Hall–Kier alpha value is -1.39. The second-order valence-electron chi connectivity index (χ2n) is 4.72. The molecular weight excluding hydrogens is 304 g/mol. The second-order valence-corrected chi connectivity index (χ2v) is 5.58. The highest BCUT2D eigenvalue weighted by atomic mass is 79.9. The minimum atomic E-state index is 0.118. The van der Waals surface area contributed by atoms with Crippen molar-refractivity contribution < 1.29 is 4.74 Å². The van der Waals surface area contributed by atoms with Crippen LogP contribution in [0.5, 0.6) is 11.5 Å². The van der Waals surface area contributed by atoms with Crippen molar-refractivity contribution in [2.45, 2.75) is 26.3 Å². The van der Waals surface area contributed by atoms with Crippen molar-refractivity contribution in [2.75, 3.05) is 0 Å². The maximum atomic E-state index is 5.81. The zero-order valence-corrected chi connectivity index (χ0v) is 12.6. The fourth-order valence-corrected chi connectivity index (χ4v) is 2.07. The summed E-state index contributed by atoms with van der Waals surface area (Å²) in [7, 11) is 0. The molecule has 0 spiro atoms. The number of ether oxygens (including phenoxy) is 1. The first-order chi connectivity index (χ1) is 9.04. The van der Waals surface area contributed by atoms with Crippen LogP contribution in [0.15, 0.2) is 41.1 Å². The van der Waals surface area contributed by atoms with Gasteiger partial charge in [-0.25, -0.2) is 0 Å². The van der Waals surface area contributed by atoms with E-state index in [0.29, 0.717) is 0 Å². The van der Waals surface area contributed by atoms with Gasteiger partial charge in [-0.15, -0.1) is 0 Å². The number of aromatic nitrogens is 1. The van der Waals surface area contributed by atoms with E-state index in [0.717, 1.165) is 33.5 Å². The maximum absolute atomic E-state index is 5.81. The Bertz CT molecular complexity index is 570. The van der Waals surface area contributed by atoms with Gasteiger partial charge < -0.3 is 10.5 Å². The van der Waals surface area contributed by atoms with Crippen LogP contribution >= 0.6 is 15.9 Å². The van der Waals surface area contributed by atoms with Gasteiger partial charge in [-0.05, 0) is 55.7 Å². The molecule has 0 saturated heterocycles. The number of hydrogen-bond donors (Lipinski definition) is 1. The number of nitrogens with two attached hydrogens (primary N) is 1. The van der Waals surface area contributed by atoms with Crippen LogP contribution < -0.4 is 10.5 Å². The third kappa shape index (κ3) is 4.04. The van der Waals surface area contributed by atoms with Gasteiger partial charge in [-0.1, -0.05) is 15.9 Å². The molecule has 100 valence electrons. The number of nitrogens with zero attached hydrogens (tertiary/aromatic N) is 1. The van der Waals surface area contributed by atoms with Gasteiger partial charge in [0.2, 0.25) is 0 Å². The summed E-state index contributed by atoms with van der Waals surface area (Å²) in [5.74, 6) is 1.54. The molecule has 1 heterocycles. The second kappa shape index (κ2) is 6.17. The zero-order valence-electron chi connectivity index (χ0n) is 11.1. The van der Waals surface area contributed by atoms with Crippen LogP contribution in [0.1, 0.15) is 18.1 Å². The first-order valence-electron chi connectivity index (χ1n) is 6.18. The molecule has 0 amide bonds. The Morgan fingerprint density at radius 3 is 2.74 bits per heavy atom. The summed E-state index contributed by atoms with van der Waals surface area (Å²) in [5.41, 5.74) is 8.01. The molecule has 0 bridgehead atoms. The minimum Gasteiger partial charge on any atom is -0.456 e. The summed E-state index contributed by atoms with van der Waals surface area (Å²) in [4.78, 5) is 4.18. The Balaban J connectivity index is 2.16. The van der Waals surface area contributed by atoms with Gasteiger partial charge in [0.15, 0.2) is 0 Å². The molecule has 0 aliphatic rings. The lowest BCUT2D eigenvalue weighted by atomic mass is 10.1. The molecule has 19 heavy (non-hydrogen) atoms. The molecule has 1 atom stereocenters. The van der Waals surface area contributed by atoms with Crippen molar-refractivity contribution in [1.29, 1.82) is 0 Å². The molecule has 1 aromatic heterocycles. The van der Waals surface area contributed by atoms with Crippen LogP contribution in [0, 0.1) is 6.92 Å². The van der Waals surface area contributed by atoms with E-state index >= 15 is 0 Å². The predicted molar refractivity (Wildman–Crippen MR) is 80.5 cm³/mol. The van der Waals surface area contributed by atoms with Gasteiger partial charge in [-0.3, -0.25) is 4.98 Å². The summed E-state index contributed by atoms with van der Waals surface area (Å²) >= 11 is 3.47. The number of benzene rings is 1. The molecule has 3 nitrogen and oxygen atoms in total. The summed E-state index contributed by atoms with van der Waals surface area (Å²) < 4.78 is 6.89. The van der Waals surface area contributed by atoms with Crippen molar-refractivity contribution in [1.82, 2.24) is 4.98 Å². The smallest absolute Gasteiger partial charge is 0.145 e. The van der Waals surface area contributed by atoms with Crippen LogP contribution in [-0.2, 0) is 6.42 Å². The molecule has 0 aliphatic carbocycles. The average Bonchev–Trinajstić information content (AvgIpc) is 2.33. The quantitative estimate of drug-likeness (QED) is 0.931. The average molecular weight is 321 g/mol. The van der Waals surface area contributed by atoms with Gasteiger partial charge in [0.25, 0.3) is 0 Å². The fourth-order valence-electron chi connectivity index (χ4n) is 1.82. The first kappa shape index (κ1) is 14.0. The summed E-state index contributed by atoms with van der Waals surface area (Å²) in [6.07, 6.45) is 4.33. The van der Waals surface area contributed by atoms with Crippen LogP contribution in [0.3, 0.4) is 0 Å². The van der Waals surface area contributed by atoms with Gasteiger partial charge in [0.1, 0.15) is 11.5 Å². The normalized spacial score (nSPS) is 12.2. The molecule has 4 heteroatoms. The molecule has 0 saturated carbocycles. The summed E-state index contributed by atoms with van der Waals surface area (Å²) in [5, 5.41) is 0. The lowest BCUT2D eigenvalue weighted by molar-refractivity contribution is 0.478. The highest BCUT2D eigenvalue weighted by Gasteiger charge is 2.03. The molecule has 2 N–H and O–H groups in total. The van der Waals surface area contributed by atoms with Gasteiger partial charge in [0.05, 0.1) is 6.20 Å². The first-order valence-corrected chi connectivity index (χ1v) is 6.97. The van der Waals surface area contributed by atoms with E-state index in [1.165, 1.54) is 0 Å².